The zero-order valence-electron chi connectivity index (χ0n) is 19.1. The van der Waals surface area contributed by atoms with Crippen LogP contribution in [0.1, 0.15) is 24.1 Å². The average Bonchev–Trinajstić information content (AvgIpc) is 3.59. The number of pyridine rings is 1. The first-order chi connectivity index (χ1) is 16.9. The van der Waals surface area contributed by atoms with Gasteiger partial charge in [0.05, 0.1) is 12.2 Å². The third kappa shape index (κ3) is 3.25. The Labute approximate surface area is 210 Å². The van der Waals surface area contributed by atoms with E-state index in [4.69, 9.17) is 4.74 Å². The fourth-order valence-electron chi connectivity index (χ4n) is 5.23. The van der Waals surface area contributed by atoms with E-state index in [0.717, 1.165) is 32.2 Å². The Morgan fingerprint density at radius 2 is 1.83 bits per heavy atom. The number of aromatic nitrogens is 1. The fourth-order valence-corrected chi connectivity index (χ4v) is 5.82. The second-order valence-corrected chi connectivity index (χ2v) is 10.2. The molecule has 9 heteroatoms. The SMILES string of the molecule is CNC(=O)OC1(C(=O)N2CC3(C2)C(=O)N(Cc2ncc4ccccc4c2Br)c2ccccc23)CC1. The van der Waals surface area contributed by atoms with E-state index in [1.165, 1.54) is 7.05 Å². The molecule has 0 atom stereocenters. The van der Waals surface area contributed by atoms with Gasteiger partial charge in [-0.15, -0.1) is 0 Å². The molecule has 0 bridgehead atoms. The number of carbonyl (C=O) groups is 3. The zero-order valence-corrected chi connectivity index (χ0v) is 20.7. The first-order valence-corrected chi connectivity index (χ1v) is 12.3. The van der Waals surface area contributed by atoms with Gasteiger partial charge in [-0.05, 0) is 32.9 Å². The molecular formula is C26H23BrN4O4. The number of amides is 3. The fraction of sp³-hybridized carbons (Fsp3) is 0.308. The first kappa shape index (κ1) is 22.0. The number of para-hydroxylation sites is 1. The number of fused-ring (bicyclic) bond motifs is 3. The topological polar surface area (TPSA) is 91.8 Å². The molecule has 2 fully saturated rings. The molecule has 6 rings (SSSR count). The number of nitrogens with one attached hydrogen (secondary N) is 1. The maximum Gasteiger partial charge on any atom is 0.407 e. The molecule has 0 unspecified atom stereocenters. The van der Waals surface area contributed by atoms with Gasteiger partial charge in [-0.3, -0.25) is 14.6 Å². The molecule has 1 N–H and O–H groups in total. The number of rotatable bonds is 4. The molecule has 8 nitrogen and oxygen atoms in total. The predicted octanol–water partition coefficient (Wildman–Crippen LogP) is 3.51. The summed E-state index contributed by atoms with van der Waals surface area (Å²) < 4.78 is 6.23. The van der Waals surface area contributed by atoms with Gasteiger partial charge in [-0.25, -0.2) is 4.79 Å². The third-order valence-corrected chi connectivity index (χ3v) is 8.16. The van der Waals surface area contributed by atoms with Crippen molar-refractivity contribution >= 4 is 50.3 Å². The summed E-state index contributed by atoms with van der Waals surface area (Å²) in [5.74, 6) is -0.268. The van der Waals surface area contributed by atoms with Gasteiger partial charge < -0.3 is 19.9 Å². The van der Waals surface area contributed by atoms with Crippen LogP contribution in [0.25, 0.3) is 10.8 Å². The molecule has 178 valence electrons. The van der Waals surface area contributed by atoms with Gasteiger partial charge in [0.15, 0.2) is 5.60 Å². The van der Waals surface area contributed by atoms with Crippen LogP contribution in [0.15, 0.2) is 59.2 Å². The van der Waals surface area contributed by atoms with Gasteiger partial charge in [-0.2, -0.15) is 0 Å². The van der Waals surface area contributed by atoms with Gasteiger partial charge >= 0.3 is 6.09 Å². The molecule has 3 aromatic rings. The Hall–Kier alpha value is -3.46. The normalized spacial score (nSPS) is 18.9. The van der Waals surface area contributed by atoms with Crippen LogP contribution in [-0.2, 0) is 26.3 Å². The molecular weight excluding hydrogens is 512 g/mol. The lowest BCUT2D eigenvalue weighted by molar-refractivity contribution is -0.153. The highest BCUT2D eigenvalue weighted by atomic mass is 79.9. The van der Waals surface area contributed by atoms with Crippen molar-refractivity contribution < 1.29 is 19.1 Å². The highest BCUT2D eigenvalue weighted by Gasteiger charge is 2.64. The molecule has 3 aliphatic rings. The Balaban J connectivity index is 1.27. The summed E-state index contributed by atoms with van der Waals surface area (Å²) in [5, 5.41) is 4.46. The van der Waals surface area contributed by atoms with Crippen LogP contribution in [0, 0.1) is 0 Å². The van der Waals surface area contributed by atoms with Gasteiger partial charge in [0.2, 0.25) is 5.91 Å². The summed E-state index contributed by atoms with van der Waals surface area (Å²) in [6.45, 7) is 0.855. The second kappa shape index (κ2) is 7.78. The molecule has 1 spiro atoms. The first-order valence-electron chi connectivity index (χ1n) is 11.5. The van der Waals surface area contributed by atoms with E-state index in [9.17, 15) is 14.4 Å². The van der Waals surface area contributed by atoms with Gasteiger partial charge in [0, 0.05) is 54.7 Å². The maximum atomic E-state index is 13.9. The van der Waals surface area contributed by atoms with Crippen molar-refractivity contribution in [2.45, 2.75) is 30.4 Å². The lowest BCUT2D eigenvalue weighted by Crippen LogP contribution is -2.67. The smallest absolute Gasteiger partial charge is 0.407 e. The number of ether oxygens (including phenoxy) is 1. The van der Waals surface area contributed by atoms with Crippen LogP contribution < -0.4 is 10.2 Å². The number of carbonyl (C=O) groups excluding carboxylic acids is 3. The molecule has 1 aliphatic carbocycles. The van der Waals surface area contributed by atoms with Crippen molar-refractivity contribution in [2.75, 3.05) is 25.0 Å². The van der Waals surface area contributed by atoms with Crippen LogP contribution in [-0.4, -0.2) is 53.5 Å². The van der Waals surface area contributed by atoms with E-state index in [-0.39, 0.29) is 24.9 Å². The number of hydrogen-bond donors (Lipinski definition) is 1. The van der Waals surface area contributed by atoms with Crippen molar-refractivity contribution in [3.05, 3.63) is 70.5 Å². The Kier molecular flexibility index (Phi) is 4.90. The van der Waals surface area contributed by atoms with Crippen LogP contribution in [0.2, 0.25) is 0 Å². The number of anilines is 1. The Bertz CT molecular complexity index is 1400. The summed E-state index contributed by atoms with van der Waals surface area (Å²) >= 11 is 3.69. The van der Waals surface area contributed by atoms with E-state index >= 15 is 0 Å². The van der Waals surface area contributed by atoms with Crippen molar-refractivity contribution in [3.8, 4) is 0 Å². The summed E-state index contributed by atoms with van der Waals surface area (Å²) in [6, 6.07) is 15.7. The summed E-state index contributed by atoms with van der Waals surface area (Å²) in [5.41, 5.74) is 0.644. The van der Waals surface area contributed by atoms with Crippen molar-refractivity contribution in [2.24, 2.45) is 0 Å². The average molecular weight is 535 g/mol. The minimum atomic E-state index is -1.09. The van der Waals surface area contributed by atoms with Crippen LogP contribution in [0.4, 0.5) is 10.5 Å². The second-order valence-electron chi connectivity index (χ2n) is 9.39. The molecule has 35 heavy (non-hydrogen) atoms. The van der Waals surface area contributed by atoms with E-state index < -0.39 is 17.1 Å². The van der Waals surface area contributed by atoms with Crippen LogP contribution in [0.3, 0.4) is 0 Å². The third-order valence-electron chi connectivity index (χ3n) is 7.28. The minimum Gasteiger partial charge on any atom is -0.433 e. The van der Waals surface area contributed by atoms with E-state index in [2.05, 4.69) is 26.2 Å². The minimum absolute atomic E-state index is 0.0401. The summed E-state index contributed by atoms with van der Waals surface area (Å²) in [7, 11) is 1.47. The molecule has 2 aliphatic heterocycles. The highest BCUT2D eigenvalue weighted by Crippen LogP contribution is 2.50. The Morgan fingerprint density at radius 3 is 2.57 bits per heavy atom. The number of halogens is 1. The monoisotopic (exact) mass is 534 g/mol. The van der Waals surface area contributed by atoms with Gasteiger partial charge in [0.25, 0.3) is 5.91 Å². The van der Waals surface area contributed by atoms with Crippen molar-refractivity contribution in [1.29, 1.82) is 0 Å². The molecule has 1 saturated carbocycles. The number of hydrogen-bond acceptors (Lipinski definition) is 5. The van der Waals surface area contributed by atoms with Gasteiger partial charge in [-0.1, -0.05) is 42.5 Å². The zero-order chi connectivity index (χ0) is 24.4. The quantitative estimate of drug-likeness (QED) is 0.552. The van der Waals surface area contributed by atoms with E-state index in [0.29, 0.717) is 19.4 Å². The molecule has 1 saturated heterocycles. The van der Waals surface area contributed by atoms with E-state index in [1.54, 1.807) is 9.80 Å². The Morgan fingerprint density at radius 1 is 1.11 bits per heavy atom. The molecule has 2 aromatic carbocycles. The molecule has 3 heterocycles. The number of nitrogens with zero attached hydrogens (tertiary/aromatic N) is 3. The summed E-state index contributed by atoms with van der Waals surface area (Å²) in [6.07, 6.45) is 2.21. The molecule has 1 aromatic heterocycles. The number of benzene rings is 2. The summed E-state index contributed by atoms with van der Waals surface area (Å²) in [4.78, 5) is 46.7. The largest absolute Gasteiger partial charge is 0.433 e. The predicted molar refractivity (Wildman–Crippen MR) is 133 cm³/mol. The highest BCUT2D eigenvalue weighted by molar-refractivity contribution is 9.10. The standard InChI is InChI=1S/C26H23BrN4O4/c1-28-24(34)35-26(10-11-26)23(33)30-14-25(15-30)18-8-4-5-9-20(18)31(22(25)32)13-19-21(27)17-7-3-2-6-16(17)12-29-19/h2-9,12H,10-11,13-15H2,1H3,(H,28,34). The lowest BCUT2D eigenvalue weighted by Gasteiger charge is -2.47. The van der Waals surface area contributed by atoms with Crippen molar-refractivity contribution in [3.63, 3.8) is 0 Å². The van der Waals surface area contributed by atoms with Crippen LogP contribution >= 0.6 is 15.9 Å². The van der Waals surface area contributed by atoms with Crippen molar-refractivity contribution in [1.82, 2.24) is 15.2 Å². The molecule has 0 radical (unpaired) electrons. The number of likely N-dealkylation sites (tertiary alicyclic amines) is 1. The number of alkyl carbamates (subject to hydrolysis) is 1. The molecule has 3 amide bonds. The maximum absolute atomic E-state index is 13.9. The van der Waals surface area contributed by atoms with Crippen LogP contribution in [0.5, 0.6) is 0 Å². The lowest BCUT2D eigenvalue weighted by atomic mass is 9.74. The van der Waals surface area contributed by atoms with Gasteiger partial charge in [0.1, 0.15) is 5.41 Å². The van der Waals surface area contributed by atoms with E-state index in [1.807, 2.05) is 54.7 Å².